The lowest BCUT2D eigenvalue weighted by Crippen LogP contribution is -2.42. The van der Waals surface area contributed by atoms with Gasteiger partial charge in [-0.2, -0.15) is 13.2 Å². The maximum Gasteiger partial charge on any atom is 0.435 e. The molecule has 1 aromatic heterocycles. The summed E-state index contributed by atoms with van der Waals surface area (Å²) in [6, 6.07) is 2.07. The first-order chi connectivity index (χ1) is 8.45. The molecule has 0 radical (unpaired) electrons. The summed E-state index contributed by atoms with van der Waals surface area (Å²) >= 11 is 0. The van der Waals surface area contributed by atoms with Crippen molar-refractivity contribution in [3.8, 4) is 0 Å². The van der Waals surface area contributed by atoms with Gasteiger partial charge in [0.15, 0.2) is 5.69 Å². The number of nitrogens with zero attached hydrogens (tertiary/aromatic N) is 2. The molecule has 1 saturated heterocycles. The van der Waals surface area contributed by atoms with E-state index in [1.54, 1.807) is 0 Å². The maximum atomic E-state index is 12.3. The van der Waals surface area contributed by atoms with Gasteiger partial charge in [0.25, 0.3) is 0 Å². The Labute approximate surface area is 101 Å². The highest BCUT2D eigenvalue weighted by atomic mass is 19.4. The van der Waals surface area contributed by atoms with E-state index in [1.165, 1.54) is 6.07 Å². The fraction of sp³-hybridized carbons (Fsp3) is 0.500. The molecule has 1 aliphatic heterocycles. The number of aromatic nitrogens is 2. The molecule has 1 amide bonds. The summed E-state index contributed by atoms with van der Waals surface area (Å²) in [7, 11) is 0. The van der Waals surface area contributed by atoms with Crippen molar-refractivity contribution in [2.24, 2.45) is 0 Å². The summed E-state index contributed by atoms with van der Waals surface area (Å²) < 4.78 is 36.8. The highest BCUT2D eigenvalue weighted by Crippen LogP contribution is 2.27. The minimum absolute atomic E-state index is 0.0217. The highest BCUT2D eigenvalue weighted by Gasteiger charge is 2.33. The van der Waals surface area contributed by atoms with Crippen LogP contribution in [-0.2, 0) is 11.0 Å². The van der Waals surface area contributed by atoms with Gasteiger partial charge in [-0.25, -0.2) is 0 Å². The van der Waals surface area contributed by atoms with E-state index in [-0.39, 0.29) is 17.8 Å². The third-order valence-electron chi connectivity index (χ3n) is 2.57. The quantitative estimate of drug-likeness (QED) is 0.838. The molecule has 0 saturated carbocycles. The summed E-state index contributed by atoms with van der Waals surface area (Å²) in [6.45, 7) is 0.432. The average molecular weight is 260 g/mol. The number of piperidine rings is 1. The average Bonchev–Trinajstić information content (AvgIpc) is 2.32. The number of rotatable bonds is 2. The minimum Gasteiger partial charge on any atom is -0.364 e. The van der Waals surface area contributed by atoms with E-state index in [1.807, 2.05) is 0 Å². The number of nitrogens with one attached hydrogen (secondary N) is 2. The molecule has 8 heteroatoms. The summed E-state index contributed by atoms with van der Waals surface area (Å²) in [4.78, 5) is 10.9. The van der Waals surface area contributed by atoms with E-state index in [2.05, 4.69) is 20.8 Å². The standard InChI is InChI=1S/C10H11F3N4O/c11-10(12,13)7-2-3-8(17-16-7)15-6-1-4-9(18)14-5-6/h2-3,6H,1,4-5H2,(H,14,18)(H,15,17). The van der Waals surface area contributed by atoms with Crippen molar-refractivity contribution in [3.05, 3.63) is 17.8 Å². The van der Waals surface area contributed by atoms with Crippen molar-refractivity contribution in [1.82, 2.24) is 15.5 Å². The summed E-state index contributed by atoms with van der Waals surface area (Å²) in [5, 5.41) is 12.2. The number of halogens is 3. The molecule has 5 nitrogen and oxygen atoms in total. The van der Waals surface area contributed by atoms with Gasteiger partial charge in [-0.3, -0.25) is 4.79 Å². The Morgan fingerprint density at radius 3 is 2.61 bits per heavy atom. The third-order valence-corrected chi connectivity index (χ3v) is 2.57. The van der Waals surface area contributed by atoms with Crippen molar-refractivity contribution < 1.29 is 18.0 Å². The number of hydrogen-bond acceptors (Lipinski definition) is 4. The second kappa shape index (κ2) is 4.79. The summed E-state index contributed by atoms with van der Waals surface area (Å²) in [5.74, 6) is 0.246. The Morgan fingerprint density at radius 1 is 1.33 bits per heavy atom. The molecule has 2 heterocycles. The van der Waals surface area contributed by atoms with E-state index in [9.17, 15) is 18.0 Å². The smallest absolute Gasteiger partial charge is 0.364 e. The maximum absolute atomic E-state index is 12.3. The van der Waals surface area contributed by atoms with Gasteiger partial charge in [-0.15, -0.1) is 10.2 Å². The van der Waals surface area contributed by atoms with Crippen LogP contribution >= 0.6 is 0 Å². The zero-order valence-electron chi connectivity index (χ0n) is 9.29. The lowest BCUT2D eigenvalue weighted by atomic mass is 10.1. The normalized spacial score (nSPS) is 20.4. The molecule has 2 rings (SSSR count). The van der Waals surface area contributed by atoms with Crippen LogP contribution < -0.4 is 10.6 Å². The van der Waals surface area contributed by atoms with Gasteiger partial charge in [-0.1, -0.05) is 0 Å². The van der Waals surface area contributed by atoms with E-state index >= 15 is 0 Å². The molecule has 0 aromatic carbocycles. The molecule has 18 heavy (non-hydrogen) atoms. The van der Waals surface area contributed by atoms with Crippen molar-refractivity contribution in [1.29, 1.82) is 0 Å². The third kappa shape index (κ3) is 3.08. The molecule has 0 spiro atoms. The topological polar surface area (TPSA) is 66.9 Å². The number of carbonyl (C=O) groups is 1. The predicted molar refractivity (Wildman–Crippen MR) is 56.7 cm³/mol. The molecule has 1 aliphatic rings. The van der Waals surface area contributed by atoms with Gasteiger partial charge in [-0.05, 0) is 18.6 Å². The summed E-state index contributed by atoms with van der Waals surface area (Å²) in [5.41, 5.74) is -1.02. The number of hydrogen-bond donors (Lipinski definition) is 2. The fourth-order valence-corrected chi connectivity index (χ4v) is 1.63. The number of amides is 1. The van der Waals surface area contributed by atoms with Gasteiger partial charge in [0.05, 0.1) is 0 Å². The van der Waals surface area contributed by atoms with Gasteiger partial charge >= 0.3 is 6.18 Å². The number of carbonyl (C=O) groups excluding carboxylic acids is 1. The Kier molecular flexibility index (Phi) is 3.35. The molecule has 1 unspecified atom stereocenters. The Morgan fingerprint density at radius 2 is 2.11 bits per heavy atom. The molecule has 0 aliphatic carbocycles. The zero-order valence-corrected chi connectivity index (χ0v) is 9.29. The fourth-order valence-electron chi connectivity index (χ4n) is 1.63. The molecule has 1 fully saturated rings. The van der Waals surface area contributed by atoms with Crippen LogP contribution in [0.15, 0.2) is 12.1 Å². The van der Waals surface area contributed by atoms with Crippen molar-refractivity contribution in [2.45, 2.75) is 25.1 Å². The lowest BCUT2D eigenvalue weighted by Gasteiger charge is -2.23. The van der Waals surface area contributed by atoms with Gasteiger partial charge in [0, 0.05) is 19.0 Å². The first-order valence-corrected chi connectivity index (χ1v) is 5.39. The van der Waals surface area contributed by atoms with E-state index in [0.717, 1.165) is 6.07 Å². The second-order valence-electron chi connectivity index (χ2n) is 3.99. The molecule has 0 bridgehead atoms. The van der Waals surface area contributed by atoms with Crippen molar-refractivity contribution in [2.75, 3.05) is 11.9 Å². The monoisotopic (exact) mass is 260 g/mol. The highest BCUT2D eigenvalue weighted by molar-refractivity contribution is 5.76. The predicted octanol–water partition coefficient (Wildman–Crippen LogP) is 1.19. The Balaban J connectivity index is 1.96. The van der Waals surface area contributed by atoms with Crippen LogP contribution in [-0.4, -0.2) is 28.7 Å². The molecule has 1 aromatic rings. The zero-order chi connectivity index (χ0) is 13.2. The summed E-state index contributed by atoms with van der Waals surface area (Å²) in [6.07, 6.45) is -3.47. The van der Waals surface area contributed by atoms with Gasteiger partial charge < -0.3 is 10.6 Å². The van der Waals surface area contributed by atoms with Gasteiger partial charge in [0.2, 0.25) is 5.91 Å². The number of anilines is 1. The van der Waals surface area contributed by atoms with E-state index in [4.69, 9.17) is 0 Å². The number of alkyl halides is 3. The first-order valence-electron chi connectivity index (χ1n) is 5.39. The van der Waals surface area contributed by atoms with Gasteiger partial charge in [0.1, 0.15) is 5.82 Å². The van der Waals surface area contributed by atoms with E-state index < -0.39 is 11.9 Å². The molecule has 1 atom stereocenters. The van der Waals surface area contributed by atoms with Crippen LogP contribution in [0, 0.1) is 0 Å². The van der Waals surface area contributed by atoms with Crippen LogP contribution in [0.2, 0.25) is 0 Å². The van der Waals surface area contributed by atoms with Crippen LogP contribution in [0.25, 0.3) is 0 Å². The van der Waals surface area contributed by atoms with Crippen molar-refractivity contribution in [3.63, 3.8) is 0 Å². The first kappa shape index (κ1) is 12.6. The largest absolute Gasteiger partial charge is 0.435 e. The molecular formula is C10H11F3N4O. The molecule has 98 valence electrons. The SMILES string of the molecule is O=C1CCC(Nc2ccc(C(F)(F)F)nn2)CN1. The Hall–Kier alpha value is -1.86. The second-order valence-corrected chi connectivity index (χ2v) is 3.99. The van der Waals surface area contributed by atoms with E-state index in [0.29, 0.717) is 19.4 Å². The lowest BCUT2D eigenvalue weighted by molar-refractivity contribution is -0.141. The van der Waals surface area contributed by atoms with Crippen molar-refractivity contribution >= 4 is 11.7 Å². The molecule has 2 N–H and O–H groups in total. The van der Waals surface area contributed by atoms with Crippen LogP contribution in [0.1, 0.15) is 18.5 Å². The minimum atomic E-state index is -4.48. The Bertz CT molecular complexity index is 422. The van der Waals surface area contributed by atoms with Crippen LogP contribution in [0.5, 0.6) is 0 Å². The van der Waals surface area contributed by atoms with Crippen LogP contribution in [0.3, 0.4) is 0 Å². The molecular weight excluding hydrogens is 249 g/mol. The van der Waals surface area contributed by atoms with Crippen LogP contribution in [0.4, 0.5) is 19.0 Å².